The monoisotopic (exact) mass is 267 g/mol. The van der Waals surface area contributed by atoms with Crippen molar-refractivity contribution >= 4 is 5.97 Å². The van der Waals surface area contributed by atoms with Crippen LogP contribution in [0.3, 0.4) is 0 Å². The van der Waals surface area contributed by atoms with Crippen LogP contribution in [0.15, 0.2) is 0 Å². The van der Waals surface area contributed by atoms with Crippen LogP contribution in [-0.4, -0.2) is 24.0 Å². The fourth-order valence-corrected chi connectivity index (χ4v) is 5.29. The molecule has 0 N–H and O–H groups in total. The van der Waals surface area contributed by atoms with Crippen LogP contribution in [0.2, 0.25) is 0 Å². The Kier molecular flexibility index (Phi) is 3.02. The summed E-state index contributed by atoms with van der Waals surface area (Å²) < 4.78 is 5.05. The van der Waals surface area contributed by atoms with E-state index >= 15 is 0 Å². The molecule has 5 heteroatoms. The lowest BCUT2D eigenvalue weighted by Gasteiger charge is -2.57. The Morgan fingerprint density at radius 3 is 2.84 bits per heavy atom. The summed E-state index contributed by atoms with van der Waals surface area (Å²) in [6.07, 6.45) is 4.84. The summed E-state index contributed by atoms with van der Waals surface area (Å²) in [6, 6.07) is 0. The molecule has 1 unspecified atom stereocenters. The van der Waals surface area contributed by atoms with Crippen molar-refractivity contribution in [1.29, 1.82) is 0 Å². The van der Waals surface area contributed by atoms with Crippen molar-refractivity contribution in [3.05, 3.63) is 10.1 Å². The van der Waals surface area contributed by atoms with Crippen LogP contribution in [-0.2, 0) is 9.53 Å². The molecule has 2 bridgehead atoms. The van der Waals surface area contributed by atoms with Crippen molar-refractivity contribution in [3.8, 4) is 0 Å². The number of nitrogens with zero attached hydrogens (tertiary/aromatic N) is 1. The van der Waals surface area contributed by atoms with E-state index in [1.54, 1.807) is 6.92 Å². The number of carbonyl (C=O) groups is 1. The minimum atomic E-state index is -0.397. The van der Waals surface area contributed by atoms with E-state index in [4.69, 9.17) is 4.74 Å². The normalized spacial score (nSPS) is 42.6. The standard InChI is InChI=1S/C14H21NO4/c1-2-19-13(16)7-14(8-15(17)18)11-4-3-9-5-10(11)12(14)6-9/h9-12H,2-8H2,1H3/t9-,10-,11+,12-,14?/m1/s1. The predicted octanol–water partition coefficient (Wildman–Crippen LogP) is 2.27. The first-order chi connectivity index (χ1) is 9.06. The molecule has 3 aliphatic rings. The molecular formula is C14H21NO4. The number of esters is 1. The first-order valence-corrected chi connectivity index (χ1v) is 7.34. The van der Waals surface area contributed by atoms with Gasteiger partial charge in [-0.25, -0.2) is 0 Å². The van der Waals surface area contributed by atoms with Crippen LogP contribution in [0.4, 0.5) is 0 Å². The van der Waals surface area contributed by atoms with Gasteiger partial charge in [0.1, 0.15) is 0 Å². The highest BCUT2D eigenvalue weighted by Crippen LogP contribution is 2.70. The summed E-state index contributed by atoms with van der Waals surface area (Å²) in [6.45, 7) is 2.09. The Hall–Kier alpha value is -1.13. The number of fused-ring (bicyclic) bond motifs is 1. The minimum Gasteiger partial charge on any atom is -0.466 e. The second-order valence-electron chi connectivity index (χ2n) is 6.50. The Morgan fingerprint density at radius 1 is 1.37 bits per heavy atom. The molecule has 0 heterocycles. The van der Waals surface area contributed by atoms with Crippen LogP contribution in [0.1, 0.15) is 39.0 Å². The highest BCUT2D eigenvalue weighted by atomic mass is 16.6. The van der Waals surface area contributed by atoms with Gasteiger partial charge in [0, 0.05) is 4.92 Å². The van der Waals surface area contributed by atoms with E-state index in [0.717, 1.165) is 18.8 Å². The van der Waals surface area contributed by atoms with Gasteiger partial charge in [0.2, 0.25) is 6.54 Å². The van der Waals surface area contributed by atoms with Crippen LogP contribution < -0.4 is 0 Å². The Morgan fingerprint density at radius 2 is 2.16 bits per heavy atom. The lowest BCUT2D eigenvalue weighted by Crippen LogP contribution is -2.59. The third kappa shape index (κ3) is 1.85. The van der Waals surface area contributed by atoms with Crippen molar-refractivity contribution in [2.75, 3.05) is 13.2 Å². The number of rotatable bonds is 5. The summed E-state index contributed by atoms with van der Waals surface area (Å²) in [7, 11) is 0. The summed E-state index contributed by atoms with van der Waals surface area (Å²) in [4.78, 5) is 22.7. The molecule has 3 saturated carbocycles. The van der Waals surface area contributed by atoms with Gasteiger partial charge in [0.15, 0.2) is 0 Å². The molecule has 0 aromatic carbocycles. The van der Waals surface area contributed by atoms with Crippen LogP contribution in [0, 0.1) is 39.2 Å². The second kappa shape index (κ2) is 4.46. The third-order valence-electron chi connectivity index (χ3n) is 5.79. The molecule has 5 atom stereocenters. The smallest absolute Gasteiger partial charge is 0.306 e. The van der Waals surface area contributed by atoms with E-state index in [2.05, 4.69) is 0 Å². The SMILES string of the molecule is CCOC(=O)CC1(C[N+](=O)[O-])[C@@H]2C[C@@H]3CC[C@H]1[C@H]2C3. The van der Waals surface area contributed by atoms with E-state index in [9.17, 15) is 14.9 Å². The van der Waals surface area contributed by atoms with E-state index in [0.29, 0.717) is 24.4 Å². The van der Waals surface area contributed by atoms with E-state index < -0.39 is 5.41 Å². The maximum Gasteiger partial charge on any atom is 0.306 e. The fraction of sp³-hybridized carbons (Fsp3) is 0.929. The van der Waals surface area contributed by atoms with Gasteiger partial charge in [-0.2, -0.15) is 0 Å². The lowest BCUT2D eigenvalue weighted by molar-refractivity contribution is -0.511. The van der Waals surface area contributed by atoms with Crippen molar-refractivity contribution in [2.24, 2.45) is 29.1 Å². The van der Waals surface area contributed by atoms with Crippen molar-refractivity contribution in [3.63, 3.8) is 0 Å². The van der Waals surface area contributed by atoms with Crippen molar-refractivity contribution in [1.82, 2.24) is 0 Å². The Labute approximate surface area is 112 Å². The van der Waals surface area contributed by atoms with Gasteiger partial charge in [-0.1, -0.05) is 6.42 Å². The van der Waals surface area contributed by atoms with Gasteiger partial charge in [-0.05, 0) is 49.9 Å². The largest absolute Gasteiger partial charge is 0.466 e. The van der Waals surface area contributed by atoms with Gasteiger partial charge >= 0.3 is 5.97 Å². The minimum absolute atomic E-state index is 0.0512. The van der Waals surface area contributed by atoms with E-state index in [1.165, 1.54) is 12.8 Å². The topological polar surface area (TPSA) is 69.4 Å². The third-order valence-corrected chi connectivity index (χ3v) is 5.79. The zero-order valence-electron chi connectivity index (χ0n) is 11.3. The zero-order chi connectivity index (χ0) is 13.6. The van der Waals surface area contributed by atoms with E-state index in [-0.39, 0.29) is 23.9 Å². The summed E-state index contributed by atoms with van der Waals surface area (Å²) in [5, 5.41) is 11.1. The summed E-state index contributed by atoms with van der Waals surface area (Å²) in [5.41, 5.74) is -0.397. The molecule has 0 aromatic rings. The molecule has 0 saturated heterocycles. The predicted molar refractivity (Wildman–Crippen MR) is 68.0 cm³/mol. The molecule has 0 spiro atoms. The molecule has 3 rings (SSSR count). The fourth-order valence-electron chi connectivity index (χ4n) is 5.29. The molecule has 3 aliphatic carbocycles. The molecule has 106 valence electrons. The van der Waals surface area contributed by atoms with Gasteiger partial charge < -0.3 is 4.74 Å². The Balaban J connectivity index is 1.82. The quantitative estimate of drug-likeness (QED) is 0.435. The van der Waals surface area contributed by atoms with Crippen LogP contribution >= 0.6 is 0 Å². The second-order valence-corrected chi connectivity index (χ2v) is 6.50. The number of nitro groups is 1. The molecule has 0 aliphatic heterocycles. The first-order valence-electron chi connectivity index (χ1n) is 7.34. The Bertz CT molecular complexity index is 402. The summed E-state index contributed by atoms with van der Waals surface area (Å²) >= 11 is 0. The number of hydrogen-bond acceptors (Lipinski definition) is 4. The highest BCUT2D eigenvalue weighted by Gasteiger charge is 2.68. The number of ether oxygens (including phenoxy) is 1. The molecule has 19 heavy (non-hydrogen) atoms. The molecule has 0 aromatic heterocycles. The molecule has 3 fully saturated rings. The highest BCUT2D eigenvalue weighted by molar-refractivity contribution is 5.70. The maximum absolute atomic E-state index is 11.9. The van der Waals surface area contributed by atoms with E-state index in [1.807, 2.05) is 0 Å². The van der Waals surface area contributed by atoms with Crippen molar-refractivity contribution in [2.45, 2.75) is 39.0 Å². The van der Waals surface area contributed by atoms with Gasteiger partial charge in [0.05, 0.1) is 18.4 Å². The van der Waals surface area contributed by atoms with Crippen molar-refractivity contribution < 1.29 is 14.5 Å². The van der Waals surface area contributed by atoms with Gasteiger partial charge in [0.25, 0.3) is 0 Å². The molecule has 0 radical (unpaired) electrons. The molecule has 0 amide bonds. The average molecular weight is 267 g/mol. The van der Waals surface area contributed by atoms with Gasteiger partial charge in [-0.3, -0.25) is 14.9 Å². The number of hydrogen-bond donors (Lipinski definition) is 0. The van der Waals surface area contributed by atoms with Crippen LogP contribution in [0.25, 0.3) is 0 Å². The lowest BCUT2D eigenvalue weighted by atomic mass is 9.45. The number of carbonyl (C=O) groups excluding carboxylic acids is 1. The molecule has 5 nitrogen and oxygen atoms in total. The molecular weight excluding hydrogens is 246 g/mol. The zero-order valence-corrected chi connectivity index (χ0v) is 11.3. The summed E-state index contributed by atoms with van der Waals surface area (Å²) in [5.74, 6) is 1.92. The van der Waals surface area contributed by atoms with Crippen LogP contribution in [0.5, 0.6) is 0 Å². The first kappa shape index (κ1) is 12.9. The van der Waals surface area contributed by atoms with Gasteiger partial charge in [-0.15, -0.1) is 0 Å². The average Bonchev–Trinajstić information content (AvgIpc) is 2.52. The maximum atomic E-state index is 11.9.